The fraction of sp³-hybridized carbons (Fsp3) is 0.579. The van der Waals surface area contributed by atoms with Crippen LogP contribution in [0.4, 0.5) is 0 Å². The van der Waals surface area contributed by atoms with Crippen molar-refractivity contribution >= 4 is 5.97 Å². The van der Waals surface area contributed by atoms with Gasteiger partial charge in [0, 0.05) is 0 Å². The van der Waals surface area contributed by atoms with Crippen LogP contribution in [0.1, 0.15) is 38.2 Å². The first-order chi connectivity index (χ1) is 10.7. The molecular weight excluding hydrogens is 274 g/mol. The summed E-state index contributed by atoms with van der Waals surface area (Å²) in [5.41, 5.74) is 0.989. The Morgan fingerprint density at radius 1 is 1.32 bits per heavy atom. The normalized spacial score (nSPS) is 30.7. The summed E-state index contributed by atoms with van der Waals surface area (Å²) in [6.45, 7) is 9.75. The minimum Gasteiger partial charge on any atom is -0.460 e. The lowest BCUT2D eigenvalue weighted by molar-refractivity contribution is -0.146. The van der Waals surface area contributed by atoms with Crippen molar-refractivity contribution in [1.82, 2.24) is 0 Å². The first-order valence-corrected chi connectivity index (χ1v) is 8.25. The maximum atomic E-state index is 12.4. The molecule has 22 heavy (non-hydrogen) atoms. The van der Waals surface area contributed by atoms with Gasteiger partial charge in [0.25, 0.3) is 0 Å². The zero-order valence-electron chi connectivity index (χ0n) is 13.1. The maximum absolute atomic E-state index is 12.4. The molecule has 0 amide bonds. The van der Waals surface area contributed by atoms with E-state index in [4.69, 9.17) is 11.3 Å². The van der Waals surface area contributed by atoms with Crippen molar-refractivity contribution in [1.29, 1.82) is 0 Å². The summed E-state index contributed by atoms with van der Waals surface area (Å²) in [6.07, 6.45) is 5.33. The molecule has 3 nitrogen and oxygen atoms in total. The second-order valence-electron chi connectivity index (χ2n) is 6.81. The molecule has 2 unspecified atom stereocenters. The lowest BCUT2D eigenvalue weighted by atomic mass is 9.73. The van der Waals surface area contributed by atoms with Crippen LogP contribution in [-0.4, -0.2) is 18.6 Å². The number of ether oxygens (including phenoxy) is 1. The number of fused-ring (bicyclic) bond motifs is 1. The Labute approximate surface area is 132 Å². The third kappa shape index (κ3) is 2.63. The van der Waals surface area contributed by atoms with Gasteiger partial charge in [-0.2, -0.15) is 0 Å². The monoisotopic (exact) mass is 297 g/mol. The van der Waals surface area contributed by atoms with Gasteiger partial charge >= 0.3 is 12.0 Å². The van der Waals surface area contributed by atoms with Gasteiger partial charge < -0.3 is 9.58 Å². The van der Waals surface area contributed by atoms with Crippen LogP contribution in [0.3, 0.4) is 0 Å². The van der Waals surface area contributed by atoms with Crippen LogP contribution in [0.25, 0.3) is 4.85 Å². The predicted molar refractivity (Wildman–Crippen MR) is 85.1 cm³/mol. The van der Waals surface area contributed by atoms with Gasteiger partial charge in [0.2, 0.25) is 0 Å². The fourth-order valence-corrected chi connectivity index (χ4v) is 4.43. The Bertz CT molecular complexity index is 563. The first-order valence-electron chi connectivity index (χ1n) is 8.25. The van der Waals surface area contributed by atoms with Gasteiger partial charge in [-0.3, -0.25) is 0 Å². The quantitative estimate of drug-likeness (QED) is 0.610. The summed E-state index contributed by atoms with van der Waals surface area (Å²) >= 11 is 0. The topological polar surface area (TPSA) is 30.7 Å². The number of hydrogen-bond donors (Lipinski definition) is 0. The number of nitrogens with zero attached hydrogens (tertiary/aromatic N) is 1. The lowest BCUT2D eigenvalue weighted by Gasteiger charge is -2.29. The van der Waals surface area contributed by atoms with E-state index in [9.17, 15) is 4.79 Å². The molecule has 4 atom stereocenters. The van der Waals surface area contributed by atoms with Gasteiger partial charge in [-0.25, -0.2) is 11.4 Å². The zero-order valence-corrected chi connectivity index (χ0v) is 13.1. The number of hydrogen-bond acceptors (Lipinski definition) is 2. The van der Waals surface area contributed by atoms with Gasteiger partial charge in [0.1, 0.15) is 0 Å². The summed E-state index contributed by atoms with van der Waals surface area (Å²) in [5, 5.41) is 0. The molecule has 0 aromatic heterocycles. The molecular formula is C19H23NO2. The molecule has 0 radical (unpaired) electrons. The van der Waals surface area contributed by atoms with Crippen molar-refractivity contribution in [3.8, 4) is 0 Å². The molecule has 3 rings (SSSR count). The number of benzene rings is 1. The molecule has 0 saturated heterocycles. The molecule has 0 N–H and O–H groups in total. The van der Waals surface area contributed by atoms with E-state index in [1.54, 1.807) is 6.92 Å². The van der Waals surface area contributed by atoms with Gasteiger partial charge in [0.05, 0.1) is 12.0 Å². The molecule has 2 saturated carbocycles. The van der Waals surface area contributed by atoms with Crippen LogP contribution in [0.15, 0.2) is 30.3 Å². The Balaban J connectivity index is 1.89. The van der Waals surface area contributed by atoms with E-state index in [-0.39, 0.29) is 11.4 Å². The van der Waals surface area contributed by atoms with Crippen LogP contribution in [0.2, 0.25) is 0 Å². The van der Waals surface area contributed by atoms with E-state index < -0.39 is 6.04 Å². The van der Waals surface area contributed by atoms with Crippen molar-refractivity contribution < 1.29 is 9.53 Å². The molecule has 0 heterocycles. The molecule has 116 valence electrons. The van der Waals surface area contributed by atoms with Gasteiger partial charge in [0.15, 0.2) is 0 Å². The van der Waals surface area contributed by atoms with Crippen molar-refractivity contribution in [3.05, 3.63) is 47.3 Å². The second-order valence-corrected chi connectivity index (χ2v) is 6.81. The number of carbonyl (C=O) groups is 1. The molecule has 2 aliphatic rings. The highest BCUT2D eigenvalue weighted by Crippen LogP contribution is 2.58. The molecule has 0 bridgehead atoms. The third-order valence-corrected chi connectivity index (χ3v) is 5.53. The summed E-state index contributed by atoms with van der Waals surface area (Å²) in [4.78, 5) is 16.1. The van der Waals surface area contributed by atoms with E-state index in [0.29, 0.717) is 18.4 Å². The summed E-state index contributed by atoms with van der Waals surface area (Å²) in [5.74, 6) is 1.10. The highest BCUT2D eigenvalue weighted by atomic mass is 16.5. The second kappa shape index (κ2) is 6.12. The van der Waals surface area contributed by atoms with Crippen molar-refractivity contribution in [2.45, 2.75) is 45.1 Å². The van der Waals surface area contributed by atoms with Gasteiger partial charge in [-0.05, 0) is 56.4 Å². The minimum absolute atomic E-state index is 0.235. The Morgan fingerprint density at radius 3 is 2.45 bits per heavy atom. The van der Waals surface area contributed by atoms with Gasteiger partial charge in [-0.1, -0.05) is 30.3 Å². The van der Waals surface area contributed by atoms with Crippen LogP contribution in [-0.2, 0) is 16.0 Å². The Hall–Kier alpha value is -1.82. The first kappa shape index (κ1) is 15.1. The Kier molecular flexibility index (Phi) is 4.20. The Morgan fingerprint density at radius 2 is 1.95 bits per heavy atom. The average molecular weight is 297 g/mol. The molecule has 3 heteroatoms. The largest absolute Gasteiger partial charge is 0.460 e. The van der Waals surface area contributed by atoms with Crippen molar-refractivity contribution in [3.63, 3.8) is 0 Å². The fourth-order valence-electron chi connectivity index (χ4n) is 4.43. The van der Waals surface area contributed by atoms with E-state index in [1.165, 1.54) is 18.4 Å². The zero-order chi connectivity index (χ0) is 15.6. The minimum atomic E-state index is -0.654. The van der Waals surface area contributed by atoms with Gasteiger partial charge in [-0.15, -0.1) is 0 Å². The van der Waals surface area contributed by atoms with Crippen molar-refractivity contribution in [2.75, 3.05) is 6.61 Å². The number of rotatable bonds is 5. The summed E-state index contributed by atoms with van der Waals surface area (Å²) < 4.78 is 5.21. The molecule has 2 fully saturated rings. The van der Waals surface area contributed by atoms with Crippen LogP contribution < -0.4 is 0 Å². The summed E-state index contributed by atoms with van der Waals surface area (Å²) in [6, 6.07) is 9.63. The molecule has 1 aromatic carbocycles. The van der Waals surface area contributed by atoms with Crippen LogP contribution in [0.5, 0.6) is 0 Å². The van der Waals surface area contributed by atoms with Crippen LogP contribution in [0, 0.1) is 23.8 Å². The highest BCUT2D eigenvalue weighted by Gasteiger charge is 2.58. The summed E-state index contributed by atoms with van der Waals surface area (Å²) in [7, 11) is 0. The van der Waals surface area contributed by atoms with Crippen LogP contribution >= 0.6 is 0 Å². The average Bonchev–Trinajstić information content (AvgIpc) is 2.74. The molecule has 2 aliphatic carbocycles. The smallest absolute Gasteiger partial charge is 0.390 e. The number of esters is 1. The van der Waals surface area contributed by atoms with E-state index in [2.05, 4.69) is 17.0 Å². The van der Waals surface area contributed by atoms with Crippen molar-refractivity contribution in [2.24, 2.45) is 17.3 Å². The molecule has 1 aromatic rings. The van der Waals surface area contributed by atoms with E-state index >= 15 is 0 Å². The molecule has 0 spiro atoms. The standard InChI is InChI=1S/C19H23NO2/c1-3-22-18(21)17(20-2)19(11-14-7-5-4-6-8-14)12-15-9-10-16(15)13-19/h4-8,15-17H,3,9-13H2,1H3/t15-,16+,17?,19?. The third-order valence-electron chi connectivity index (χ3n) is 5.53. The van der Waals surface area contributed by atoms with E-state index in [0.717, 1.165) is 19.3 Å². The number of carbonyl (C=O) groups excluding carboxylic acids is 1. The highest BCUT2D eigenvalue weighted by molar-refractivity contribution is 5.79. The SMILES string of the molecule is [C-]#[N+]C(C(=O)OCC)C1(Cc2ccccc2)C[C@H]2CC[C@H]2C1. The maximum Gasteiger partial charge on any atom is 0.390 e. The predicted octanol–water partition coefficient (Wildman–Crippen LogP) is 3.89. The lowest BCUT2D eigenvalue weighted by Crippen LogP contribution is -2.40. The molecule has 0 aliphatic heterocycles. The van der Waals surface area contributed by atoms with E-state index in [1.807, 2.05) is 18.2 Å².